The van der Waals surface area contributed by atoms with Gasteiger partial charge >= 0.3 is 0 Å². The highest BCUT2D eigenvalue weighted by Gasteiger charge is 2.35. The van der Waals surface area contributed by atoms with Gasteiger partial charge in [0, 0.05) is 12.6 Å². The molecule has 0 aliphatic carbocycles. The number of piperidine rings is 3. The van der Waals surface area contributed by atoms with Crippen LogP contribution in [-0.4, -0.2) is 46.8 Å². The van der Waals surface area contributed by atoms with Crippen molar-refractivity contribution in [2.24, 2.45) is 5.92 Å². The van der Waals surface area contributed by atoms with Crippen LogP contribution in [0.25, 0.3) is 0 Å². The first-order valence-electron chi connectivity index (χ1n) is 5.85. The van der Waals surface area contributed by atoms with Crippen molar-refractivity contribution in [2.45, 2.75) is 18.9 Å². The molecule has 4 rings (SSSR count). The summed E-state index contributed by atoms with van der Waals surface area (Å²) in [6, 6.07) is 0.195. The summed E-state index contributed by atoms with van der Waals surface area (Å²) < 4.78 is 4.42. The lowest BCUT2D eigenvalue weighted by Crippen LogP contribution is -2.57. The molecule has 17 heavy (non-hydrogen) atoms. The molecule has 1 amide bonds. The predicted octanol–water partition coefficient (Wildman–Crippen LogP) is -0.524. The zero-order valence-electron chi connectivity index (χ0n) is 9.43. The number of nitrogen functional groups attached to an aromatic ring is 1. The number of nitrogens with two attached hydrogens (primary N) is 1. The second kappa shape index (κ2) is 3.99. The Kier molecular flexibility index (Phi) is 2.47. The third-order valence-corrected chi connectivity index (χ3v) is 3.70. The molecule has 3 saturated heterocycles. The SMILES string of the molecule is Nc1nonc1C(=O)NC1CN2CCC1CC2. The van der Waals surface area contributed by atoms with E-state index < -0.39 is 0 Å². The molecule has 0 aromatic carbocycles. The van der Waals surface area contributed by atoms with Gasteiger partial charge in [0.25, 0.3) is 5.91 Å². The van der Waals surface area contributed by atoms with E-state index in [0.717, 1.165) is 32.5 Å². The highest BCUT2D eigenvalue weighted by atomic mass is 16.6. The third kappa shape index (κ3) is 1.86. The van der Waals surface area contributed by atoms with Crippen LogP contribution in [0.2, 0.25) is 0 Å². The van der Waals surface area contributed by atoms with Gasteiger partial charge in [-0.1, -0.05) is 0 Å². The van der Waals surface area contributed by atoms with Gasteiger partial charge in [-0.2, -0.15) is 0 Å². The van der Waals surface area contributed by atoms with Crippen LogP contribution in [0, 0.1) is 5.92 Å². The van der Waals surface area contributed by atoms with Crippen LogP contribution < -0.4 is 11.1 Å². The minimum absolute atomic E-state index is 0.0452. The van der Waals surface area contributed by atoms with Crippen LogP contribution in [0.15, 0.2) is 4.63 Å². The van der Waals surface area contributed by atoms with Crippen LogP contribution in [0.3, 0.4) is 0 Å². The second-order valence-corrected chi connectivity index (χ2v) is 4.72. The number of rotatable bonds is 2. The normalized spacial score (nSPS) is 31.4. The summed E-state index contributed by atoms with van der Waals surface area (Å²) in [6.07, 6.45) is 2.30. The zero-order valence-corrected chi connectivity index (χ0v) is 9.43. The molecular weight excluding hydrogens is 222 g/mol. The summed E-state index contributed by atoms with van der Waals surface area (Å²) >= 11 is 0. The molecule has 3 fully saturated rings. The largest absolute Gasteiger partial charge is 0.379 e. The smallest absolute Gasteiger partial charge is 0.277 e. The van der Waals surface area contributed by atoms with Gasteiger partial charge in [0.1, 0.15) is 0 Å². The van der Waals surface area contributed by atoms with Gasteiger partial charge in [-0.25, -0.2) is 4.63 Å². The van der Waals surface area contributed by atoms with E-state index in [-0.39, 0.29) is 23.5 Å². The van der Waals surface area contributed by atoms with Crippen LogP contribution in [0.4, 0.5) is 5.82 Å². The summed E-state index contributed by atoms with van der Waals surface area (Å²) in [4.78, 5) is 14.3. The van der Waals surface area contributed by atoms with Crippen LogP contribution in [-0.2, 0) is 0 Å². The fourth-order valence-corrected chi connectivity index (χ4v) is 2.72. The molecule has 3 aliphatic rings. The van der Waals surface area contributed by atoms with Crippen molar-refractivity contribution in [3.8, 4) is 0 Å². The number of hydrogen-bond donors (Lipinski definition) is 2. The van der Waals surface area contributed by atoms with E-state index in [4.69, 9.17) is 5.73 Å². The van der Waals surface area contributed by atoms with Crippen molar-refractivity contribution in [2.75, 3.05) is 25.4 Å². The lowest BCUT2D eigenvalue weighted by Gasteiger charge is -2.44. The molecule has 1 atom stereocenters. The van der Waals surface area contributed by atoms with Crippen LogP contribution in [0.1, 0.15) is 23.3 Å². The molecule has 1 aromatic heterocycles. The number of hydrogen-bond acceptors (Lipinski definition) is 6. The van der Waals surface area contributed by atoms with E-state index in [2.05, 4.69) is 25.2 Å². The molecule has 7 nitrogen and oxygen atoms in total. The third-order valence-electron chi connectivity index (χ3n) is 3.70. The number of nitrogens with one attached hydrogen (secondary N) is 1. The van der Waals surface area contributed by atoms with E-state index in [1.807, 2.05) is 0 Å². The Labute approximate surface area is 98.3 Å². The summed E-state index contributed by atoms with van der Waals surface area (Å²) in [7, 11) is 0. The molecule has 1 aromatic rings. The average molecular weight is 237 g/mol. The minimum atomic E-state index is -0.289. The Morgan fingerprint density at radius 1 is 1.41 bits per heavy atom. The van der Waals surface area contributed by atoms with Crippen molar-refractivity contribution in [3.05, 3.63) is 5.69 Å². The topological polar surface area (TPSA) is 97.3 Å². The Hall–Kier alpha value is -1.63. The maximum absolute atomic E-state index is 11.9. The first-order chi connectivity index (χ1) is 8.24. The Bertz CT molecular complexity index is 424. The molecule has 0 radical (unpaired) electrons. The molecule has 0 saturated carbocycles. The van der Waals surface area contributed by atoms with Crippen molar-refractivity contribution in [1.82, 2.24) is 20.5 Å². The van der Waals surface area contributed by atoms with Crippen molar-refractivity contribution >= 4 is 11.7 Å². The van der Waals surface area contributed by atoms with Crippen LogP contribution >= 0.6 is 0 Å². The molecule has 92 valence electrons. The van der Waals surface area contributed by atoms with Gasteiger partial charge in [0.05, 0.1) is 0 Å². The van der Waals surface area contributed by atoms with E-state index in [0.29, 0.717) is 5.92 Å². The van der Waals surface area contributed by atoms with Gasteiger partial charge < -0.3 is 16.0 Å². The lowest BCUT2D eigenvalue weighted by molar-refractivity contribution is 0.0616. The predicted molar refractivity (Wildman–Crippen MR) is 59.1 cm³/mol. The monoisotopic (exact) mass is 237 g/mol. The maximum Gasteiger partial charge on any atom is 0.277 e. The van der Waals surface area contributed by atoms with E-state index in [9.17, 15) is 4.79 Å². The highest BCUT2D eigenvalue weighted by molar-refractivity contribution is 5.96. The second-order valence-electron chi connectivity index (χ2n) is 4.72. The fourth-order valence-electron chi connectivity index (χ4n) is 2.72. The molecule has 2 bridgehead atoms. The maximum atomic E-state index is 11.9. The summed E-state index contributed by atoms with van der Waals surface area (Å²) in [5.74, 6) is 0.330. The lowest BCUT2D eigenvalue weighted by atomic mass is 9.84. The van der Waals surface area contributed by atoms with Crippen molar-refractivity contribution in [1.29, 1.82) is 0 Å². The van der Waals surface area contributed by atoms with E-state index >= 15 is 0 Å². The summed E-state index contributed by atoms with van der Waals surface area (Å²) in [6.45, 7) is 3.21. The standard InChI is InChI=1S/C10H15N5O2/c11-9-8(13-17-14-9)10(16)12-7-5-15-3-1-6(7)2-4-15/h6-7H,1-5H2,(H2,11,14)(H,12,16). The number of aromatic nitrogens is 2. The fraction of sp³-hybridized carbons (Fsp3) is 0.700. The minimum Gasteiger partial charge on any atom is -0.379 e. The Morgan fingerprint density at radius 3 is 2.71 bits per heavy atom. The quantitative estimate of drug-likeness (QED) is 0.718. The number of carbonyl (C=O) groups is 1. The highest BCUT2D eigenvalue weighted by Crippen LogP contribution is 2.27. The Balaban J connectivity index is 1.68. The first kappa shape index (κ1) is 10.5. The van der Waals surface area contributed by atoms with Crippen LogP contribution in [0.5, 0.6) is 0 Å². The first-order valence-corrected chi connectivity index (χ1v) is 5.85. The molecule has 0 spiro atoms. The van der Waals surface area contributed by atoms with Crippen molar-refractivity contribution in [3.63, 3.8) is 0 Å². The number of amides is 1. The Morgan fingerprint density at radius 2 is 2.18 bits per heavy atom. The molecular formula is C10H15N5O2. The molecule has 4 heterocycles. The van der Waals surface area contributed by atoms with Gasteiger partial charge in [-0.15, -0.1) is 0 Å². The number of carbonyl (C=O) groups excluding carboxylic acids is 1. The van der Waals surface area contributed by atoms with Crippen molar-refractivity contribution < 1.29 is 9.42 Å². The van der Waals surface area contributed by atoms with Gasteiger partial charge in [-0.05, 0) is 42.2 Å². The molecule has 7 heteroatoms. The van der Waals surface area contributed by atoms with Gasteiger partial charge in [0.15, 0.2) is 0 Å². The molecule has 1 unspecified atom stereocenters. The zero-order chi connectivity index (χ0) is 11.8. The number of anilines is 1. The number of nitrogens with zero attached hydrogens (tertiary/aromatic N) is 3. The molecule has 3 N–H and O–H groups in total. The molecule has 3 aliphatic heterocycles. The average Bonchev–Trinajstić information content (AvgIpc) is 2.77. The van der Waals surface area contributed by atoms with E-state index in [1.165, 1.54) is 0 Å². The summed E-state index contributed by atoms with van der Waals surface area (Å²) in [5.41, 5.74) is 5.57. The number of fused-ring (bicyclic) bond motifs is 3. The van der Waals surface area contributed by atoms with Gasteiger partial charge in [-0.3, -0.25) is 4.79 Å². The summed E-state index contributed by atoms with van der Waals surface area (Å²) in [5, 5.41) is 9.88. The van der Waals surface area contributed by atoms with Gasteiger partial charge in [0.2, 0.25) is 11.5 Å². The van der Waals surface area contributed by atoms with E-state index in [1.54, 1.807) is 0 Å².